The molecule has 94 valence electrons. The number of ether oxygens (including phenoxy) is 1. The Bertz CT molecular complexity index is 735. The number of hydrogen-bond acceptors (Lipinski definition) is 3. The minimum atomic E-state index is -0.466. The van der Waals surface area contributed by atoms with Crippen molar-refractivity contribution < 1.29 is 13.9 Å². The van der Waals surface area contributed by atoms with E-state index in [2.05, 4.69) is 4.74 Å². The van der Waals surface area contributed by atoms with E-state index in [1.54, 1.807) is 12.1 Å². The number of rotatable bonds is 2. The van der Waals surface area contributed by atoms with Crippen LogP contribution in [0.1, 0.15) is 10.6 Å². The summed E-state index contributed by atoms with van der Waals surface area (Å²) in [6.07, 6.45) is 0. The zero-order chi connectivity index (χ0) is 13.2. The minimum Gasteiger partial charge on any atom is -0.463 e. The van der Waals surface area contributed by atoms with Crippen molar-refractivity contribution in [3.63, 3.8) is 0 Å². The molecule has 0 N–H and O–H groups in total. The highest BCUT2D eigenvalue weighted by Gasteiger charge is 2.13. The Kier molecular flexibility index (Phi) is 2.80. The zero-order valence-corrected chi connectivity index (χ0v) is 10.4. The van der Waals surface area contributed by atoms with Gasteiger partial charge in [-0.25, -0.2) is 4.79 Å². The van der Waals surface area contributed by atoms with Gasteiger partial charge in [0.05, 0.1) is 7.11 Å². The molecule has 0 spiro atoms. The van der Waals surface area contributed by atoms with Crippen LogP contribution in [0.25, 0.3) is 22.1 Å². The van der Waals surface area contributed by atoms with Gasteiger partial charge in [0, 0.05) is 5.56 Å². The first-order valence-corrected chi connectivity index (χ1v) is 5.96. The van der Waals surface area contributed by atoms with E-state index in [-0.39, 0.29) is 5.76 Å². The first-order chi connectivity index (χ1) is 9.29. The summed E-state index contributed by atoms with van der Waals surface area (Å²) in [7, 11) is 1.34. The Balaban J connectivity index is 2.14. The molecule has 0 unspecified atom stereocenters. The van der Waals surface area contributed by atoms with Gasteiger partial charge in [-0.15, -0.1) is 0 Å². The summed E-state index contributed by atoms with van der Waals surface area (Å²) in [4.78, 5) is 11.4. The smallest absolute Gasteiger partial charge is 0.373 e. The Morgan fingerprint density at radius 1 is 1.00 bits per heavy atom. The second-order valence-corrected chi connectivity index (χ2v) is 4.18. The highest BCUT2D eigenvalue weighted by Crippen LogP contribution is 2.29. The van der Waals surface area contributed by atoms with Crippen LogP contribution in [-0.2, 0) is 4.74 Å². The molecule has 0 bridgehead atoms. The maximum absolute atomic E-state index is 11.4. The largest absolute Gasteiger partial charge is 0.463 e. The first kappa shape index (κ1) is 11.5. The van der Waals surface area contributed by atoms with Crippen molar-refractivity contribution in [3.8, 4) is 11.3 Å². The van der Waals surface area contributed by atoms with Crippen LogP contribution in [0.3, 0.4) is 0 Å². The summed E-state index contributed by atoms with van der Waals surface area (Å²) in [5.41, 5.74) is 0.966. The highest BCUT2D eigenvalue weighted by molar-refractivity contribution is 5.96. The minimum absolute atomic E-state index is 0.213. The molecule has 0 saturated carbocycles. The molecule has 3 heteroatoms. The van der Waals surface area contributed by atoms with Gasteiger partial charge in [-0.1, -0.05) is 42.5 Å². The van der Waals surface area contributed by atoms with Crippen molar-refractivity contribution in [1.29, 1.82) is 0 Å². The molecule has 19 heavy (non-hydrogen) atoms. The Labute approximate surface area is 110 Å². The monoisotopic (exact) mass is 252 g/mol. The average molecular weight is 252 g/mol. The van der Waals surface area contributed by atoms with Crippen LogP contribution in [-0.4, -0.2) is 13.1 Å². The molecule has 2 aromatic carbocycles. The van der Waals surface area contributed by atoms with Gasteiger partial charge in [-0.3, -0.25) is 0 Å². The van der Waals surface area contributed by atoms with Crippen molar-refractivity contribution >= 4 is 16.7 Å². The molecule has 3 rings (SSSR count). The van der Waals surface area contributed by atoms with Gasteiger partial charge in [0.1, 0.15) is 5.76 Å². The maximum atomic E-state index is 11.4. The molecule has 1 heterocycles. The van der Waals surface area contributed by atoms with Gasteiger partial charge in [-0.2, -0.15) is 0 Å². The van der Waals surface area contributed by atoms with E-state index >= 15 is 0 Å². The number of benzene rings is 2. The van der Waals surface area contributed by atoms with Gasteiger partial charge in [0.2, 0.25) is 5.76 Å². The van der Waals surface area contributed by atoms with Crippen LogP contribution in [0.4, 0.5) is 0 Å². The first-order valence-electron chi connectivity index (χ1n) is 5.96. The summed E-state index contributed by atoms with van der Waals surface area (Å²) in [5.74, 6) is 0.411. The summed E-state index contributed by atoms with van der Waals surface area (Å²) < 4.78 is 10.2. The molecule has 0 aliphatic rings. The van der Waals surface area contributed by atoms with Crippen molar-refractivity contribution in [2.75, 3.05) is 7.11 Å². The number of methoxy groups -OCH3 is 1. The fraction of sp³-hybridized carbons (Fsp3) is 0.0625. The third-order valence-corrected chi connectivity index (χ3v) is 3.05. The number of carbonyl (C=O) groups excluding carboxylic acids is 1. The molecule has 0 fully saturated rings. The average Bonchev–Trinajstić information content (AvgIpc) is 2.95. The van der Waals surface area contributed by atoms with Crippen LogP contribution in [0, 0.1) is 0 Å². The van der Waals surface area contributed by atoms with E-state index < -0.39 is 5.97 Å². The van der Waals surface area contributed by atoms with Crippen LogP contribution in [0.5, 0.6) is 0 Å². The van der Waals surface area contributed by atoms with E-state index in [0.717, 1.165) is 16.3 Å². The van der Waals surface area contributed by atoms with Crippen LogP contribution >= 0.6 is 0 Å². The third-order valence-electron chi connectivity index (χ3n) is 3.05. The van der Waals surface area contributed by atoms with E-state index in [1.807, 2.05) is 42.5 Å². The van der Waals surface area contributed by atoms with Gasteiger partial charge in [-0.05, 0) is 22.9 Å². The predicted octanol–water partition coefficient (Wildman–Crippen LogP) is 3.89. The van der Waals surface area contributed by atoms with Crippen molar-refractivity contribution in [2.24, 2.45) is 0 Å². The van der Waals surface area contributed by atoms with Crippen molar-refractivity contribution in [1.82, 2.24) is 0 Å². The van der Waals surface area contributed by atoms with Crippen molar-refractivity contribution in [2.45, 2.75) is 0 Å². The molecule has 3 aromatic rings. The van der Waals surface area contributed by atoms with Gasteiger partial charge >= 0.3 is 5.97 Å². The molecule has 0 atom stereocenters. The number of esters is 1. The Morgan fingerprint density at radius 2 is 1.79 bits per heavy atom. The number of furan rings is 1. The number of fused-ring (bicyclic) bond motifs is 1. The number of carbonyl (C=O) groups is 1. The van der Waals surface area contributed by atoms with E-state index in [1.165, 1.54) is 7.11 Å². The second kappa shape index (κ2) is 4.61. The second-order valence-electron chi connectivity index (χ2n) is 4.18. The summed E-state index contributed by atoms with van der Waals surface area (Å²) in [6, 6.07) is 17.5. The molecule has 0 saturated heterocycles. The van der Waals surface area contributed by atoms with E-state index in [0.29, 0.717) is 5.76 Å². The summed E-state index contributed by atoms with van der Waals surface area (Å²) in [6.45, 7) is 0. The van der Waals surface area contributed by atoms with Crippen LogP contribution < -0.4 is 0 Å². The highest BCUT2D eigenvalue weighted by atomic mass is 16.5. The van der Waals surface area contributed by atoms with Gasteiger partial charge in [0.15, 0.2) is 0 Å². The summed E-state index contributed by atoms with van der Waals surface area (Å²) >= 11 is 0. The molecule has 0 amide bonds. The molecule has 0 aliphatic heterocycles. The fourth-order valence-corrected chi connectivity index (χ4v) is 2.13. The van der Waals surface area contributed by atoms with Gasteiger partial charge in [0.25, 0.3) is 0 Å². The molecule has 0 radical (unpaired) electrons. The predicted molar refractivity (Wildman–Crippen MR) is 73.0 cm³/mol. The van der Waals surface area contributed by atoms with E-state index in [4.69, 9.17) is 4.42 Å². The lowest BCUT2D eigenvalue weighted by atomic mass is 10.0. The Hall–Kier alpha value is -2.55. The fourth-order valence-electron chi connectivity index (χ4n) is 2.13. The standard InChI is InChI=1S/C16H12O3/c1-18-16(17)15-10-9-14(19-15)13-8-4-6-11-5-2-3-7-12(11)13/h2-10H,1H3. The van der Waals surface area contributed by atoms with Gasteiger partial charge < -0.3 is 9.15 Å². The topological polar surface area (TPSA) is 39.4 Å². The maximum Gasteiger partial charge on any atom is 0.373 e. The summed E-state index contributed by atoms with van der Waals surface area (Å²) in [5, 5.41) is 2.23. The molecule has 1 aromatic heterocycles. The SMILES string of the molecule is COC(=O)c1ccc(-c2cccc3ccccc23)o1. The third kappa shape index (κ3) is 1.99. The zero-order valence-electron chi connectivity index (χ0n) is 10.4. The lowest BCUT2D eigenvalue weighted by molar-refractivity contribution is 0.0566. The molecule has 3 nitrogen and oxygen atoms in total. The molecular weight excluding hydrogens is 240 g/mol. The van der Waals surface area contributed by atoms with E-state index in [9.17, 15) is 4.79 Å². The molecular formula is C16H12O3. The lowest BCUT2D eigenvalue weighted by Crippen LogP contribution is -1.98. The normalized spacial score (nSPS) is 10.6. The van der Waals surface area contributed by atoms with Crippen LogP contribution in [0.2, 0.25) is 0 Å². The lowest BCUT2D eigenvalue weighted by Gasteiger charge is -2.03. The van der Waals surface area contributed by atoms with Crippen molar-refractivity contribution in [3.05, 3.63) is 60.4 Å². The van der Waals surface area contributed by atoms with Crippen LogP contribution in [0.15, 0.2) is 59.0 Å². The Morgan fingerprint density at radius 3 is 2.63 bits per heavy atom. The molecule has 0 aliphatic carbocycles. The number of hydrogen-bond donors (Lipinski definition) is 0. The quantitative estimate of drug-likeness (QED) is 0.649.